The van der Waals surface area contributed by atoms with Gasteiger partial charge in [0.1, 0.15) is 0 Å². The van der Waals surface area contributed by atoms with Crippen molar-refractivity contribution in [1.82, 2.24) is 5.32 Å². The summed E-state index contributed by atoms with van der Waals surface area (Å²) in [5.74, 6) is -0.270. The van der Waals surface area contributed by atoms with E-state index in [0.29, 0.717) is 0 Å². The van der Waals surface area contributed by atoms with Gasteiger partial charge in [-0.15, -0.1) is 0 Å². The molecule has 1 amide bonds. The van der Waals surface area contributed by atoms with Crippen LogP contribution in [0.1, 0.15) is 32.4 Å². The molecule has 1 aromatic rings. The molecular weight excluding hydrogens is 240 g/mol. The van der Waals surface area contributed by atoms with E-state index in [-0.39, 0.29) is 36.4 Å². The van der Waals surface area contributed by atoms with Crippen molar-refractivity contribution in [2.75, 3.05) is 6.61 Å². The van der Waals surface area contributed by atoms with Gasteiger partial charge in [-0.3, -0.25) is 4.79 Å². The van der Waals surface area contributed by atoms with E-state index in [4.69, 9.17) is 5.73 Å². The molecule has 4 N–H and O–H groups in total. The normalized spacial score (nSPS) is 15.9. The molecule has 1 aromatic carbocycles. The Hall–Kier alpha value is -1.39. The minimum atomic E-state index is -0.340. The van der Waals surface area contributed by atoms with E-state index in [2.05, 4.69) is 5.32 Å². The summed E-state index contributed by atoms with van der Waals surface area (Å²) in [7, 11) is 0. The van der Waals surface area contributed by atoms with E-state index in [1.165, 1.54) is 0 Å². The highest BCUT2D eigenvalue weighted by molar-refractivity contribution is 5.79. The minimum absolute atomic E-state index is 0.0588. The first-order valence-corrected chi connectivity index (χ1v) is 6.69. The van der Waals surface area contributed by atoms with E-state index in [9.17, 15) is 9.90 Å². The molecule has 2 unspecified atom stereocenters. The zero-order chi connectivity index (χ0) is 14.4. The Labute approximate surface area is 115 Å². The lowest BCUT2D eigenvalue weighted by molar-refractivity contribution is -0.126. The number of nitrogens with one attached hydrogen (secondary N) is 1. The van der Waals surface area contributed by atoms with Crippen molar-refractivity contribution in [1.29, 1.82) is 0 Å². The molecule has 4 heteroatoms. The van der Waals surface area contributed by atoms with E-state index in [1.54, 1.807) is 0 Å². The van der Waals surface area contributed by atoms with Gasteiger partial charge in [0.05, 0.1) is 18.6 Å². The van der Waals surface area contributed by atoms with Crippen molar-refractivity contribution in [2.45, 2.75) is 32.9 Å². The smallest absolute Gasteiger partial charge is 0.225 e. The maximum absolute atomic E-state index is 12.1. The van der Waals surface area contributed by atoms with Crippen LogP contribution in [0, 0.1) is 11.8 Å². The summed E-state index contributed by atoms with van der Waals surface area (Å²) in [6, 6.07) is 9.00. The van der Waals surface area contributed by atoms with Crippen LogP contribution in [0.2, 0.25) is 0 Å². The predicted molar refractivity (Wildman–Crippen MR) is 76.4 cm³/mol. The van der Waals surface area contributed by atoms with E-state index in [1.807, 2.05) is 51.1 Å². The third kappa shape index (κ3) is 4.33. The monoisotopic (exact) mass is 264 g/mol. The van der Waals surface area contributed by atoms with Gasteiger partial charge >= 0.3 is 0 Å². The van der Waals surface area contributed by atoms with Crippen molar-refractivity contribution < 1.29 is 9.90 Å². The van der Waals surface area contributed by atoms with Gasteiger partial charge in [-0.2, -0.15) is 0 Å². The van der Waals surface area contributed by atoms with Crippen LogP contribution in [-0.2, 0) is 4.79 Å². The summed E-state index contributed by atoms with van der Waals surface area (Å²) >= 11 is 0. The number of aliphatic hydroxyl groups is 1. The van der Waals surface area contributed by atoms with E-state index in [0.717, 1.165) is 5.56 Å². The van der Waals surface area contributed by atoms with Gasteiger partial charge < -0.3 is 16.2 Å². The number of hydrogen-bond acceptors (Lipinski definition) is 3. The first-order chi connectivity index (χ1) is 8.97. The van der Waals surface area contributed by atoms with Crippen molar-refractivity contribution >= 4 is 5.91 Å². The Balaban J connectivity index is 2.66. The van der Waals surface area contributed by atoms with Crippen LogP contribution < -0.4 is 11.1 Å². The van der Waals surface area contributed by atoms with Crippen molar-refractivity contribution in [2.24, 2.45) is 17.6 Å². The van der Waals surface area contributed by atoms with Crippen molar-refractivity contribution in [3.63, 3.8) is 0 Å². The second-order valence-corrected chi connectivity index (χ2v) is 5.27. The fourth-order valence-electron chi connectivity index (χ4n) is 1.86. The zero-order valence-electron chi connectivity index (χ0n) is 11.8. The summed E-state index contributed by atoms with van der Waals surface area (Å²) in [6.07, 6.45) is 0. The molecule has 0 spiro atoms. The highest BCUT2D eigenvalue weighted by Gasteiger charge is 2.24. The number of rotatable bonds is 6. The first-order valence-electron chi connectivity index (χ1n) is 6.69. The van der Waals surface area contributed by atoms with Gasteiger partial charge in [0.2, 0.25) is 5.91 Å². The molecule has 0 heterocycles. The molecule has 0 aliphatic carbocycles. The molecule has 3 atom stereocenters. The van der Waals surface area contributed by atoms with Crippen LogP contribution in [-0.4, -0.2) is 23.7 Å². The second-order valence-electron chi connectivity index (χ2n) is 5.27. The van der Waals surface area contributed by atoms with Gasteiger partial charge in [-0.1, -0.05) is 51.1 Å². The highest BCUT2D eigenvalue weighted by Crippen LogP contribution is 2.19. The molecule has 19 heavy (non-hydrogen) atoms. The summed E-state index contributed by atoms with van der Waals surface area (Å²) in [5.41, 5.74) is 7.05. The summed E-state index contributed by atoms with van der Waals surface area (Å²) < 4.78 is 0. The van der Waals surface area contributed by atoms with Gasteiger partial charge in [-0.05, 0) is 11.5 Å². The molecule has 106 valence electrons. The number of carbonyl (C=O) groups excluding carboxylic acids is 1. The molecule has 0 aliphatic heterocycles. The minimum Gasteiger partial charge on any atom is -0.394 e. The van der Waals surface area contributed by atoms with E-state index < -0.39 is 0 Å². The van der Waals surface area contributed by atoms with Gasteiger partial charge in [0.15, 0.2) is 0 Å². The Morgan fingerprint density at radius 2 is 1.84 bits per heavy atom. The van der Waals surface area contributed by atoms with Gasteiger partial charge in [0.25, 0.3) is 0 Å². The van der Waals surface area contributed by atoms with Crippen LogP contribution in [0.5, 0.6) is 0 Å². The fraction of sp³-hybridized carbons (Fsp3) is 0.533. The Morgan fingerprint density at radius 1 is 1.26 bits per heavy atom. The third-order valence-electron chi connectivity index (χ3n) is 3.47. The molecule has 0 saturated carbocycles. The molecule has 0 bridgehead atoms. The van der Waals surface area contributed by atoms with Crippen LogP contribution in [0.4, 0.5) is 0 Å². The quantitative estimate of drug-likeness (QED) is 0.728. The highest BCUT2D eigenvalue weighted by atomic mass is 16.3. The molecular formula is C15H24N2O2. The van der Waals surface area contributed by atoms with Crippen molar-refractivity contribution in [3.05, 3.63) is 35.9 Å². The van der Waals surface area contributed by atoms with Gasteiger partial charge in [-0.25, -0.2) is 0 Å². The Kier molecular flexibility index (Phi) is 5.99. The lowest BCUT2D eigenvalue weighted by Crippen LogP contribution is -2.45. The standard InChI is InChI=1S/C15H24N2O2/c1-10(2)13(9-18)17-15(19)11(3)14(16)12-7-5-4-6-8-12/h4-8,10-11,13-14,18H,9,16H2,1-3H3,(H,17,19)/t11?,13-,14?/m1/s1. The average molecular weight is 264 g/mol. The third-order valence-corrected chi connectivity index (χ3v) is 3.47. The van der Waals surface area contributed by atoms with Crippen LogP contribution in [0.25, 0.3) is 0 Å². The molecule has 0 saturated heterocycles. The molecule has 0 aliphatic rings. The Bertz CT molecular complexity index is 392. The zero-order valence-corrected chi connectivity index (χ0v) is 11.8. The molecule has 1 rings (SSSR count). The lowest BCUT2D eigenvalue weighted by atomic mass is 9.94. The summed E-state index contributed by atoms with van der Waals surface area (Å²) in [5, 5.41) is 12.1. The summed E-state index contributed by atoms with van der Waals surface area (Å²) in [4.78, 5) is 12.1. The van der Waals surface area contributed by atoms with Crippen molar-refractivity contribution in [3.8, 4) is 0 Å². The maximum Gasteiger partial charge on any atom is 0.225 e. The van der Waals surface area contributed by atoms with Crippen LogP contribution >= 0.6 is 0 Å². The number of carbonyl (C=O) groups is 1. The number of amides is 1. The molecule has 0 radical (unpaired) electrons. The molecule has 0 fully saturated rings. The van der Waals surface area contributed by atoms with Crippen LogP contribution in [0.15, 0.2) is 30.3 Å². The largest absolute Gasteiger partial charge is 0.394 e. The lowest BCUT2D eigenvalue weighted by Gasteiger charge is -2.25. The topological polar surface area (TPSA) is 75.3 Å². The molecule has 0 aromatic heterocycles. The number of hydrogen-bond donors (Lipinski definition) is 3. The first kappa shape index (κ1) is 15.7. The van der Waals surface area contributed by atoms with Crippen LogP contribution in [0.3, 0.4) is 0 Å². The van der Waals surface area contributed by atoms with Gasteiger partial charge in [0, 0.05) is 6.04 Å². The summed E-state index contributed by atoms with van der Waals surface area (Å²) in [6.45, 7) is 5.67. The fourth-order valence-corrected chi connectivity index (χ4v) is 1.86. The number of nitrogens with two attached hydrogens (primary N) is 1. The SMILES string of the molecule is CC(C(=O)N[C@H](CO)C(C)C)C(N)c1ccccc1. The number of benzene rings is 1. The molecule has 4 nitrogen and oxygen atoms in total. The number of aliphatic hydroxyl groups excluding tert-OH is 1. The van der Waals surface area contributed by atoms with E-state index >= 15 is 0 Å². The Morgan fingerprint density at radius 3 is 2.32 bits per heavy atom. The second kappa shape index (κ2) is 7.26. The maximum atomic E-state index is 12.1. The predicted octanol–water partition coefficient (Wildman–Crippen LogP) is 1.46. The average Bonchev–Trinajstić information content (AvgIpc) is 2.43.